The second kappa shape index (κ2) is 8.29. The van der Waals surface area contributed by atoms with Gasteiger partial charge >= 0.3 is 5.97 Å². The summed E-state index contributed by atoms with van der Waals surface area (Å²) in [7, 11) is 3.16. The Morgan fingerprint density at radius 2 is 1.89 bits per heavy atom. The minimum absolute atomic E-state index is 0.228. The van der Waals surface area contributed by atoms with E-state index in [-0.39, 0.29) is 12.4 Å². The van der Waals surface area contributed by atoms with Crippen LogP contribution in [0.15, 0.2) is 18.2 Å². The molecule has 1 aromatic carbocycles. The van der Waals surface area contributed by atoms with Crippen LogP contribution in [0.5, 0.6) is 0 Å². The SMILES string of the molecule is COC(CCC(=O)OI)(OC)c1cc(I)ccc1I. The second-order valence-electron chi connectivity index (χ2n) is 3.73. The van der Waals surface area contributed by atoms with E-state index < -0.39 is 5.79 Å². The summed E-state index contributed by atoms with van der Waals surface area (Å²) in [6, 6.07) is 6.02. The van der Waals surface area contributed by atoms with Crippen molar-refractivity contribution in [1.29, 1.82) is 0 Å². The summed E-state index contributed by atoms with van der Waals surface area (Å²) in [5.74, 6) is -1.22. The van der Waals surface area contributed by atoms with Crippen LogP contribution in [0.25, 0.3) is 0 Å². The lowest BCUT2D eigenvalue weighted by atomic mass is 10.0. The molecule has 0 aliphatic heterocycles. The maximum absolute atomic E-state index is 11.3. The fourth-order valence-electron chi connectivity index (χ4n) is 1.74. The van der Waals surface area contributed by atoms with Gasteiger partial charge in [0.05, 0.1) is 6.42 Å². The van der Waals surface area contributed by atoms with Crippen LogP contribution in [0.4, 0.5) is 0 Å². The minimum Gasteiger partial charge on any atom is -0.394 e. The molecular formula is C12H13I3O4. The molecular weight excluding hydrogens is 589 g/mol. The zero-order chi connectivity index (χ0) is 14.5. The highest BCUT2D eigenvalue weighted by atomic mass is 127. The molecule has 0 aliphatic rings. The molecule has 7 heteroatoms. The van der Waals surface area contributed by atoms with E-state index in [9.17, 15) is 4.79 Å². The number of halogens is 3. The first kappa shape index (κ1) is 17.9. The van der Waals surface area contributed by atoms with E-state index >= 15 is 0 Å². The monoisotopic (exact) mass is 602 g/mol. The molecule has 0 aliphatic carbocycles. The molecule has 0 radical (unpaired) electrons. The lowest BCUT2D eigenvalue weighted by Crippen LogP contribution is -2.32. The first-order valence-corrected chi connectivity index (χ1v) is 8.40. The molecule has 1 aromatic rings. The minimum atomic E-state index is -0.928. The fraction of sp³-hybridized carbons (Fsp3) is 0.417. The number of carbonyl (C=O) groups excluding carboxylic acids is 1. The average molecular weight is 602 g/mol. The van der Waals surface area contributed by atoms with Gasteiger partial charge in [-0.2, -0.15) is 0 Å². The van der Waals surface area contributed by atoms with Crippen LogP contribution >= 0.6 is 68.2 Å². The summed E-state index contributed by atoms with van der Waals surface area (Å²) in [5.41, 5.74) is 0.922. The predicted octanol–water partition coefficient (Wildman–Crippen LogP) is 4.01. The molecule has 0 spiro atoms. The Hall–Kier alpha value is 0.800. The highest BCUT2D eigenvalue weighted by Crippen LogP contribution is 2.35. The Bertz CT molecular complexity index is 447. The maximum atomic E-state index is 11.3. The summed E-state index contributed by atoms with van der Waals surface area (Å²) in [6.45, 7) is 0. The zero-order valence-electron chi connectivity index (χ0n) is 10.4. The van der Waals surface area contributed by atoms with E-state index in [1.54, 1.807) is 37.2 Å². The van der Waals surface area contributed by atoms with E-state index in [0.717, 1.165) is 12.7 Å². The molecule has 0 aromatic heterocycles. The van der Waals surface area contributed by atoms with Crippen LogP contribution < -0.4 is 0 Å². The Morgan fingerprint density at radius 3 is 2.42 bits per heavy atom. The molecule has 0 fully saturated rings. The van der Waals surface area contributed by atoms with Crippen molar-refractivity contribution in [1.82, 2.24) is 0 Å². The van der Waals surface area contributed by atoms with Crippen LogP contribution in [0.1, 0.15) is 18.4 Å². The third-order valence-corrected chi connectivity index (χ3v) is 4.85. The number of benzene rings is 1. The number of methoxy groups -OCH3 is 2. The van der Waals surface area contributed by atoms with Crippen LogP contribution in [0.2, 0.25) is 0 Å². The maximum Gasteiger partial charge on any atom is 0.315 e. The van der Waals surface area contributed by atoms with Gasteiger partial charge in [-0.1, -0.05) is 0 Å². The van der Waals surface area contributed by atoms with Gasteiger partial charge in [0.25, 0.3) is 0 Å². The Kier molecular flexibility index (Phi) is 7.79. The van der Waals surface area contributed by atoms with Gasteiger partial charge in [0.1, 0.15) is 0 Å². The Balaban J connectivity index is 3.10. The standard InChI is InChI=1S/C12H13I3O4/c1-17-12(18-2,6-5-11(16)19-15)9-7-8(13)3-4-10(9)14/h3-4,7H,5-6H2,1-2H3. The summed E-state index contributed by atoms with van der Waals surface area (Å²) < 4.78 is 17.9. The Labute approximate surface area is 153 Å². The van der Waals surface area contributed by atoms with Crippen molar-refractivity contribution in [2.75, 3.05) is 14.2 Å². The molecule has 0 unspecified atom stereocenters. The van der Waals surface area contributed by atoms with Crippen molar-refractivity contribution >= 4 is 74.2 Å². The molecule has 0 heterocycles. The van der Waals surface area contributed by atoms with Crippen LogP contribution in [0.3, 0.4) is 0 Å². The second-order valence-corrected chi connectivity index (χ2v) is 6.58. The largest absolute Gasteiger partial charge is 0.394 e. The van der Waals surface area contributed by atoms with Crippen LogP contribution in [-0.2, 0) is 23.1 Å². The fourth-order valence-corrected chi connectivity index (χ4v) is 3.19. The number of carbonyl (C=O) groups is 1. The molecule has 4 nitrogen and oxygen atoms in total. The first-order chi connectivity index (χ1) is 8.99. The molecule has 0 saturated heterocycles. The summed E-state index contributed by atoms with van der Waals surface area (Å²) in [6.07, 6.45) is 0.629. The molecule has 0 bridgehead atoms. The van der Waals surface area contributed by atoms with Crippen molar-refractivity contribution in [2.24, 2.45) is 0 Å². The highest BCUT2D eigenvalue weighted by Gasteiger charge is 2.35. The third kappa shape index (κ3) is 4.64. The number of hydrogen-bond donors (Lipinski definition) is 0. The molecule has 106 valence electrons. The summed E-state index contributed by atoms with van der Waals surface area (Å²) in [5, 5.41) is 0. The molecule has 0 atom stereocenters. The summed E-state index contributed by atoms with van der Waals surface area (Å²) >= 11 is 6.05. The van der Waals surface area contributed by atoms with Crippen molar-refractivity contribution < 1.29 is 17.3 Å². The zero-order valence-corrected chi connectivity index (χ0v) is 16.9. The van der Waals surface area contributed by atoms with Crippen LogP contribution in [0, 0.1) is 7.14 Å². The topological polar surface area (TPSA) is 44.8 Å². The van der Waals surface area contributed by atoms with Crippen molar-refractivity contribution in [2.45, 2.75) is 18.6 Å². The average Bonchev–Trinajstić information content (AvgIpc) is 2.43. The van der Waals surface area contributed by atoms with Crippen molar-refractivity contribution in [3.8, 4) is 0 Å². The predicted molar refractivity (Wildman–Crippen MR) is 96.9 cm³/mol. The van der Waals surface area contributed by atoms with Gasteiger partial charge in [-0.05, 0) is 63.4 Å². The number of ether oxygens (including phenoxy) is 2. The van der Waals surface area contributed by atoms with Crippen LogP contribution in [-0.4, -0.2) is 20.2 Å². The van der Waals surface area contributed by atoms with E-state index in [4.69, 9.17) is 9.47 Å². The molecule has 19 heavy (non-hydrogen) atoms. The molecule has 1 rings (SSSR count). The smallest absolute Gasteiger partial charge is 0.315 e. The number of rotatable bonds is 6. The summed E-state index contributed by atoms with van der Waals surface area (Å²) in [4.78, 5) is 11.3. The lowest BCUT2D eigenvalue weighted by molar-refractivity contribution is -0.221. The Morgan fingerprint density at radius 1 is 1.26 bits per heavy atom. The third-order valence-electron chi connectivity index (χ3n) is 2.74. The molecule has 0 saturated carbocycles. The lowest BCUT2D eigenvalue weighted by Gasteiger charge is -2.32. The van der Waals surface area contributed by atoms with Gasteiger partial charge in [0.2, 0.25) is 0 Å². The van der Waals surface area contributed by atoms with Gasteiger partial charge in [-0.15, -0.1) is 0 Å². The number of hydrogen-bond acceptors (Lipinski definition) is 4. The van der Waals surface area contributed by atoms with E-state index in [1.165, 1.54) is 0 Å². The molecule has 0 amide bonds. The van der Waals surface area contributed by atoms with E-state index in [1.807, 2.05) is 18.2 Å². The van der Waals surface area contributed by atoms with E-state index in [0.29, 0.717) is 6.42 Å². The molecule has 0 N–H and O–H groups in total. The first-order valence-electron chi connectivity index (χ1n) is 5.36. The van der Waals surface area contributed by atoms with Crippen molar-refractivity contribution in [3.05, 3.63) is 30.9 Å². The van der Waals surface area contributed by atoms with Gasteiger partial charge in [0, 0.05) is 33.3 Å². The van der Waals surface area contributed by atoms with Gasteiger partial charge in [-0.25, -0.2) is 0 Å². The van der Waals surface area contributed by atoms with Gasteiger partial charge in [0.15, 0.2) is 28.8 Å². The quantitative estimate of drug-likeness (QED) is 0.365. The van der Waals surface area contributed by atoms with Crippen molar-refractivity contribution in [3.63, 3.8) is 0 Å². The van der Waals surface area contributed by atoms with Gasteiger partial charge < -0.3 is 12.5 Å². The van der Waals surface area contributed by atoms with E-state index in [2.05, 4.69) is 48.2 Å². The van der Waals surface area contributed by atoms with Gasteiger partial charge in [-0.3, -0.25) is 4.79 Å². The highest BCUT2D eigenvalue weighted by molar-refractivity contribution is 14.1. The normalized spacial score (nSPS) is 11.4.